The second-order valence-electron chi connectivity index (χ2n) is 10.4. The van der Waals surface area contributed by atoms with Gasteiger partial charge in [0.1, 0.15) is 5.82 Å². The van der Waals surface area contributed by atoms with E-state index in [-0.39, 0.29) is 0 Å². The summed E-state index contributed by atoms with van der Waals surface area (Å²) in [5.74, 6) is 3.62. The molecule has 2 saturated heterocycles. The van der Waals surface area contributed by atoms with Crippen molar-refractivity contribution >= 4 is 22.6 Å². The highest BCUT2D eigenvalue weighted by atomic mass is 35.5. The van der Waals surface area contributed by atoms with Crippen LogP contribution < -0.4 is 0 Å². The largest absolute Gasteiger partial charge is 0.324 e. The lowest BCUT2D eigenvalue weighted by Crippen LogP contribution is -2.58. The number of aromatic nitrogens is 2. The monoisotopic (exact) mass is 411 g/mol. The molecule has 1 aromatic heterocycles. The fourth-order valence-electron chi connectivity index (χ4n) is 7.73. The molecule has 2 aliphatic carbocycles. The van der Waals surface area contributed by atoms with Crippen molar-refractivity contribution in [3.05, 3.63) is 30.1 Å². The lowest BCUT2D eigenvalue weighted by molar-refractivity contribution is -0.0484. The SMILES string of the molecule is ClCc1nc2ccccc2n1C1C[C@H]2CCC[C@@H](C1)N2C1C[C@H]2CCC[C@@H](C1)C2. The normalized spacial score (nSPS) is 37.7. The van der Waals surface area contributed by atoms with Gasteiger partial charge >= 0.3 is 0 Å². The fraction of sp³-hybridized carbons (Fsp3) is 0.720. The van der Waals surface area contributed by atoms with Crippen LogP contribution in [0.5, 0.6) is 0 Å². The Labute approximate surface area is 179 Å². The van der Waals surface area contributed by atoms with E-state index in [0.717, 1.165) is 41.3 Å². The number of rotatable bonds is 3. The van der Waals surface area contributed by atoms with Crippen LogP contribution in [0.2, 0.25) is 0 Å². The molecule has 29 heavy (non-hydrogen) atoms. The summed E-state index contributed by atoms with van der Waals surface area (Å²) in [5.41, 5.74) is 2.39. The molecule has 4 aliphatic rings. The van der Waals surface area contributed by atoms with Crippen LogP contribution in [0.15, 0.2) is 24.3 Å². The highest BCUT2D eigenvalue weighted by Crippen LogP contribution is 2.48. The Balaban J connectivity index is 1.29. The predicted molar refractivity (Wildman–Crippen MR) is 119 cm³/mol. The highest BCUT2D eigenvalue weighted by molar-refractivity contribution is 6.16. The third-order valence-electron chi connectivity index (χ3n) is 8.68. The third kappa shape index (κ3) is 3.24. The number of para-hydroxylation sites is 2. The van der Waals surface area contributed by atoms with Gasteiger partial charge < -0.3 is 4.57 Å². The second kappa shape index (κ2) is 7.57. The van der Waals surface area contributed by atoms with E-state index in [1.54, 1.807) is 0 Å². The molecular weight excluding hydrogens is 378 g/mol. The first-order valence-corrected chi connectivity index (χ1v) is 12.6. The maximum atomic E-state index is 6.35. The predicted octanol–water partition coefficient (Wildman–Crippen LogP) is 6.30. The van der Waals surface area contributed by atoms with Crippen LogP contribution in [0, 0.1) is 11.8 Å². The summed E-state index contributed by atoms with van der Waals surface area (Å²) in [5, 5.41) is 0. The van der Waals surface area contributed by atoms with Crippen molar-refractivity contribution < 1.29 is 0 Å². The molecule has 4 fully saturated rings. The van der Waals surface area contributed by atoms with Gasteiger partial charge in [-0.05, 0) is 68.9 Å². The van der Waals surface area contributed by atoms with E-state index in [2.05, 4.69) is 33.7 Å². The molecule has 2 saturated carbocycles. The Morgan fingerprint density at radius 3 is 2.21 bits per heavy atom. The molecule has 2 aromatic rings. The summed E-state index contributed by atoms with van der Waals surface area (Å²) >= 11 is 6.35. The number of alkyl halides is 1. The summed E-state index contributed by atoms with van der Waals surface area (Å²) < 4.78 is 2.51. The molecule has 4 bridgehead atoms. The Morgan fingerprint density at radius 2 is 1.48 bits per heavy atom. The van der Waals surface area contributed by atoms with E-state index < -0.39 is 0 Å². The van der Waals surface area contributed by atoms with Crippen molar-refractivity contribution in [3.63, 3.8) is 0 Å². The van der Waals surface area contributed by atoms with Crippen LogP contribution in [0.25, 0.3) is 11.0 Å². The molecular formula is C25H34ClN3. The third-order valence-corrected chi connectivity index (χ3v) is 8.92. The number of hydrogen-bond acceptors (Lipinski definition) is 2. The summed E-state index contributed by atoms with van der Waals surface area (Å²) in [7, 11) is 0. The van der Waals surface area contributed by atoms with Gasteiger partial charge in [-0.15, -0.1) is 11.6 Å². The molecule has 0 amide bonds. The molecule has 2 unspecified atom stereocenters. The van der Waals surface area contributed by atoms with Crippen LogP contribution in [0.1, 0.15) is 82.5 Å². The van der Waals surface area contributed by atoms with E-state index in [1.165, 1.54) is 76.1 Å². The zero-order valence-corrected chi connectivity index (χ0v) is 18.2. The molecule has 4 heteroatoms. The molecule has 0 spiro atoms. The molecule has 2 aliphatic heterocycles. The molecule has 6 rings (SSSR count). The van der Waals surface area contributed by atoms with Gasteiger partial charge in [0.15, 0.2) is 0 Å². The van der Waals surface area contributed by atoms with Crippen LogP contribution in [0.3, 0.4) is 0 Å². The number of piperidine rings is 2. The van der Waals surface area contributed by atoms with Gasteiger partial charge in [0.25, 0.3) is 0 Å². The number of imidazole rings is 1. The van der Waals surface area contributed by atoms with Crippen LogP contribution in [-0.2, 0) is 5.88 Å². The quantitative estimate of drug-likeness (QED) is 0.552. The molecule has 3 heterocycles. The minimum atomic E-state index is 0.510. The molecule has 0 radical (unpaired) electrons. The van der Waals surface area contributed by atoms with Crippen molar-refractivity contribution in [2.75, 3.05) is 0 Å². The molecule has 6 atom stereocenters. The van der Waals surface area contributed by atoms with E-state index in [9.17, 15) is 0 Å². The smallest absolute Gasteiger partial charge is 0.125 e. The maximum absolute atomic E-state index is 6.35. The molecule has 3 nitrogen and oxygen atoms in total. The van der Waals surface area contributed by atoms with E-state index in [1.807, 2.05) is 0 Å². The van der Waals surface area contributed by atoms with Crippen LogP contribution in [-0.4, -0.2) is 32.6 Å². The number of fused-ring (bicyclic) bond motifs is 5. The van der Waals surface area contributed by atoms with Gasteiger partial charge in [0.05, 0.1) is 16.9 Å². The Kier molecular flexibility index (Phi) is 4.88. The zero-order valence-electron chi connectivity index (χ0n) is 17.5. The zero-order chi connectivity index (χ0) is 19.4. The van der Waals surface area contributed by atoms with E-state index in [4.69, 9.17) is 16.6 Å². The van der Waals surface area contributed by atoms with E-state index in [0.29, 0.717) is 11.9 Å². The van der Waals surface area contributed by atoms with Crippen LogP contribution in [0.4, 0.5) is 0 Å². The van der Waals surface area contributed by atoms with Crippen LogP contribution >= 0.6 is 11.6 Å². The first-order chi connectivity index (χ1) is 14.3. The number of halogens is 1. The summed E-state index contributed by atoms with van der Waals surface area (Å²) in [6, 6.07) is 11.6. The van der Waals surface area contributed by atoms with Gasteiger partial charge in [0, 0.05) is 24.2 Å². The van der Waals surface area contributed by atoms with Gasteiger partial charge in [0.2, 0.25) is 0 Å². The standard InChI is InChI=1S/C25H34ClN3/c26-16-25-27-23-9-1-2-10-24(23)29(25)22-14-19-7-4-8-20(15-22)28(19)21-12-17-5-3-6-18(11-17)13-21/h1-2,9-10,17-22H,3-8,11-16H2/t17-,18+,19-,20+,21?,22?. The molecule has 156 valence electrons. The average molecular weight is 412 g/mol. The van der Waals surface area contributed by atoms with Gasteiger partial charge in [-0.1, -0.05) is 37.8 Å². The summed E-state index contributed by atoms with van der Waals surface area (Å²) in [6.07, 6.45) is 15.8. The Morgan fingerprint density at radius 1 is 0.793 bits per heavy atom. The van der Waals surface area contributed by atoms with Crippen molar-refractivity contribution in [3.8, 4) is 0 Å². The molecule has 0 N–H and O–H groups in total. The van der Waals surface area contributed by atoms with Gasteiger partial charge in [-0.3, -0.25) is 4.90 Å². The van der Waals surface area contributed by atoms with Gasteiger partial charge in [-0.2, -0.15) is 0 Å². The highest BCUT2D eigenvalue weighted by Gasteiger charge is 2.45. The Hall–Kier alpha value is -1.06. The van der Waals surface area contributed by atoms with Crippen molar-refractivity contribution in [2.45, 2.75) is 101 Å². The minimum absolute atomic E-state index is 0.510. The lowest BCUT2D eigenvalue weighted by Gasteiger charge is -2.55. The van der Waals surface area contributed by atoms with Crippen molar-refractivity contribution in [1.29, 1.82) is 0 Å². The van der Waals surface area contributed by atoms with E-state index >= 15 is 0 Å². The Bertz CT molecular complexity index is 850. The number of hydrogen-bond donors (Lipinski definition) is 0. The summed E-state index contributed by atoms with van der Waals surface area (Å²) in [4.78, 5) is 7.91. The lowest BCUT2D eigenvalue weighted by atomic mass is 9.68. The number of nitrogens with zero attached hydrogens (tertiary/aromatic N) is 3. The fourth-order valence-corrected chi connectivity index (χ4v) is 7.92. The average Bonchev–Trinajstić information content (AvgIpc) is 3.11. The van der Waals surface area contributed by atoms with Crippen molar-refractivity contribution in [2.24, 2.45) is 11.8 Å². The van der Waals surface area contributed by atoms with Gasteiger partial charge in [-0.25, -0.2) is 4.98 Å². The van der Waals surface area contributed by atoms with Crippen molar-refractivity contribution in [1.82, 2.24) is 14.5 Å². The maximum Gasteiger partial charge on any atom is 0.125 e. The first-order valence-electron chi connectivity index (χ1n) is 12.1. The number of benzene rings is 1. The minimum Gasteiger partial charge on any atom is -0.324 e. The topological polar surface area (TPSA) is 21.1 Å². The first kappa shape index (κ1) is 18.7. The second-order valence-corrected chi connectivity index (χ2v) is 10.6. The molecule has 1 aromatic carbocycles. The summed E-state index contributed by atoms with van der Waals surface area (Å²) in [6.45, 7) is 0.